The normalized spacial score (nSPS) is 12.7. The lowest BCUT2D eigenvalue weighted by atomic mass is 10.1. The number of carbonyl (C=O) groups is 3. The third kappa shape index (κ3) is 7.94. The topological polar surface area (TPSA) is 104 Å². The van der Waals surface area contributed by atoms with Crippen molar-refractivity contribution in [1.82, 2.24) is 10.3 Å². The quantitative estimate of drug-likeness (QED) is 0.605. The molecule has 0 fully saturated rings. The molecule has 8 heteroatoms. The fraction of sp³-hybridized carbons (Fsp3) is 0.600. The van der Waals surface area contributed by atoms with E-state index in [0.29, 0.717) is 17.0 Å². The number of amides is 1. The Labute approximate surface area is 166 Å². The maximum absolute atomic E-state index is 12.6. The van der Waals surface area contributed by atoms with Gasteiger partial charge in [0.25, 0.3) is 0 Å². The Kier molecular flexibility index (Phi) is 7.55. The van der Waals surface area contributed by atoms with Crippen LogP contribution in [0.1, 0.15) is 63.3 Å². The molecular formula is C20H30N2O6. The first-order chi connectivity index (χ1) is 12.7. The second-order valence-electron chi connectivity index (χ2n) is 8.36. The number of nitrogens with zero attached hydrogens (tertiary/aromatic N) is 1. The van der Waals surface area contributed by atoms with Crippen molar-refractivity contribution >= 4 is 18.0 Å². The molecule has 156 valence electrons. The molecule has 1 rings (SSSR count). The van der Waals surface area contributed by atoms with Crippen LogP contribution in [0, 0.1) is 6.92 Å². The number of ether oxygens (including phenoxy) is 3. The molecule has 0 saturated carbocycles. The fourth-order valence-corrected chi connectivity index (χ4v) is 2.28. The van der Waals surface area contributed by atoms with Crippen molar-refractivity contribution in [2.24, 2.45) is 0 Å². The molecule has 28 heavy (non-hydrogen) atoms. The SMILES string of the molecule is COC(=O)c1ccc(C[C@H](NC(=O)OC(C)(C)C)C(=O)OC(C)(C)C)nc1C. The van der Waals surface area contributed by atoms with Crippen LogP contribution in [0.5, 0.6) is 0 Å². The highest BCUT2D eigenvalue weighted by atomic mass is 16.6. The summed E-state index contributed by atoms with van der Waals surface area (Å²) in [5.41, 5.74) is -0.121. The molecule has 0 aliphatic rings. The molecule has 1 heterocycles. The van der Waals surface area contributed by atoms with E-state index in [1.165, 1.54) is 7.11 Å². The van der Waals surface area contributed by atoms with E-state index < -0.39 is 35.3 Å². The van der Waals surface area contributed by atoms with E-state index in [9.17, 15) is 14.4 Å². The number of esters is 2. The van der Waals surface area contributed by atoms with E-state index in [2.05, 4.69) is 10.3 Å². The fourth-order valence-electron chi connectivity index (χ4n) is 2.28. The summed E-state index contributed by atoms with van der Waals surface area (Å²) in [6.45, 7) is 12.1. The molecule has 0 spiro atoms. The minimum absolute atomic E-state index is 0.0798. The Morgan fingerprint density at radius 2 is 1.61 bits per heavy atom. The molecule has 1 amide bonds. The van der Waals surface area contributed by atoms with Gasteiger partial charge in [-0.3, -0.25) is 4.98 Å². The molecule has 1 aromatic heterocycles. The van der Waals surface area contributed by atoms with E-state index >= 15 is 0 Å². The number of pyridine rings is 1. The third-order valence-electron chi connectivity index (χ3n) is 3.34. The van der Waals surface area contributed by atoms with Crippen molar-refractivity contribution in [3.63, 3.8) is 0 Å². The third-order valence-corrected chi connectivity index (χ3v) is 3.34. The minimum Gasteiger partial charge on any atom is -0.465 e. The number of nitrogens with one attached hydrogen (secondary N) is 1. The predicted octanol–water partition coefficient (Wildman–Crippen LogP) is 2.95. The van der Waals surface area contributed by atoms with Crippen molar-refractivity contribution in [2.75, 3.05) is 7.11 Å². The molecule has 0 bridgehead atoms. The molecule has 0 aliphatic heterocycles. The molecule has 1 N–H and O–H groups in total. The summed E-state index contributed by atoms with van der Waals surface area (Å²) in [6.07, 6.45) is -0.651. The summed E-state index contributed by atoms with van der Waals surface area (Å²) in [5.74, 6) is -1.10. The van der Waals surface area contributed by atoms with Gasteiger partial charge in [-0.1, -0.05) is 0 Å². The number of alkyl carbamates (subject to hydrolysis) is 1. The zero-order valence-corrected chi connectivity index (χ0v) is 17.8. The van der Waals surface area contributed by atoms with Crippen LogP contribution in [0.2, 0.25) is 0 Å². The number of methoxy groups -OCH3 is 1. The first kappa shape index (κ1) is 23.4. The molecule has 0 aliphatic carbocycles. The molecular weight excluding hydrogens is 364 g/mol. The lowest BCUT2D eigenvalue weighted by Crippen LogP contribution is -2.47. The van der Waals surface area contributed by atoms with Crippen LogP contribution in [-0.4, -0.2) is 47.4 Å². The first-order valence-corrected chi connectivity index (χ1v) is 8.99. The Bertz CT molecular complexity index is 731. The Morgan fingerprint density at radius 3 is 2.07 bits per heavy atom. The Balaban J connectivity index is 3.05. The second-order valence-corrected chi connectivity index (χ2v) is 8.36. The van der Waals surface area contributed by atoms with Crippen LogP contribution in [-0.2, 0) is 25.4 Å². The standard InChI is InChI=1S/C20H30N2O6/c1-12-14(16(23)26-8)10-9-13(21-12)11-15(17(24)27-19(2,3)4)22-18(25)28-20(5,6)7/h9-10,15H,11H2,1-8H3,(H,22,25)/t15-/m0/s1. The Hall–Kier alpha value is -2.64. The highest BCUT2D eigenvalue weighted by molar-refractivity contribution is 5.90. The number of rotatable bonds is 5. The summed E-state index contributed by atoms with van der Waals surface area (Å²) in [7, 11) is 1.29. The van der Waals surface area contributed by atoms with Crippen molar-refractivity contribution in [3.8, 4) is 0 Å². The van der Waals surface area contributed by atoms with Crippen LogP contribution in [0.15, 0.2) is 12.1 Å². The maximum Gasteiger partial charge on any atom is 0.408 e. The monoisotopic (exact) mass is 394 g/mol. The molecule has 0 radical (unpaired) electrons. The number of aromatic nitrogens is 1. The van der Waals surface area contributed by atoms with Gasteiger partial charge in [0.1, 0.15) is 17.2 Å². The molecule has 0 unspecified atom stereocenters. The summed E-state index contributed by atoms with van der Waals surface area (Å²) in [4.78, 5) is 40.8. The predicted molar refractivity (Wildman–Crippen MR) is 103 cm³/mol. The van der Waals surface area contributed by atoms with Gasteiger partial charge < -0.3 is 19.5 Å². The molecule has 0 saturated heterocycles. The van der Waals surface area contributed by atoms with Gasteiger partial charge in [-0.15, -0.1) is 0 Å². The average Bonchev–Trinajstić information content (AvgIpc) is 2.50. The van der Waals surface area contributed by atoms with Gasteiger partial charge in [-0.2, -0.15) is 0 Å². The summed E-state index contributed by atoms with van der Waals surface area (Å²) < 4.78 is 15.3. The van der Waals surface area contributed by atoms with Gasteiger partial charge >= 0.3 is 18.0 Å². The molecule has 0 aromatic carbocycles. The molecule has 1 atom stereocenters. The summed E-state index contributed by atoms with van der Waals surface area (Å²) in [5, 5.41) is 2.55. The first-order valence-electron chi connectivity index (χ1n) is 8.99. The van der Waals surface area contributed by atoms with E-state index in [1.807, 2.05) is 0 Å². The lowest BCUT2D eigenvalue weighted by Gasteiger charge is -2.26. The van der Waals surface area contributed by atoms with Gasteiger partial charge in [0.05, 0.1) is 18.4 Å². The molecule has 1 aromatic rings. The van der Waals surface area contributed by atoms with Gasteiger partial charge in [-0.05, 0) is 60.6 Å². The van der Waals surface area contributed by atoms with Gasteiger partial charge in [-0.25, -0.2) is 14.4 Å². The number of hydrogen-bond acceptors (Lipinski definition) is 7. The van der Waals surface area contributed by atoms with Crippen molar-refractivity contribution in [3.05, 3.63) is 29.1 Å². The van der Waals surface area contributed by atoms with Crippen LogP contribution < -0.4 is 5.32 Å². The zero-order valence-electron chi connectivity index (χ0n) is 17.8. The lowest BCUT2D eigenvalue weighted by molar-refractivity contribution is -0.157. The van der Waals surface area contributed by atoms with E-state index in [-0.39, 0.29) is 6.42 Å². The number of hydrogen-bond donors (Lipinski definition) is 1. The van der Waals surface area contributed by atoms with Crippen LogP contribution in [0.25, 0.3) is 0 Å². The highest BCUT2D eigenvalue weighted by Gasteiger charge is 2.29. The van der Waals surface area contributed by atoms with Gasteiger partial charge in [0.15, 0.2) is 0 Å². The summed E-state index contributed by atoms with van der Waals surface area (Å²) >= 11 is 0. The smallest absolute Gasteiger partial charge is 0.408 e. The number of carbonyl (C=O) groups excluding carboxylic acids is 3. The minimum atomic E-state index is -0.995. The van der Waals surface area contributed by atoms with Crippen molar-refractivity contribution in [1.29, 1.82) is 0 Å². The van der Waals surface area contributed by atoms with Crippen LogP contribution in [0.3, 0.4) is 0 Å². The molecule has 8 nitrogen and oxygen atoms in total. The van der Waals surface area contributed by atoms with Gasteiger partial charge in [0, 0.05) is 12.1 Å². The summed E-state index contributed by atoms with van der Waals surface area (Å²) in [6, 6.07) is 2.18. The average molecular weight is 394 g/mol. The highest BCUT2D eigenvalue weighted by Crippen LogP contribution is 2.14. The van der Waals surface area contributed by atoms with E-state index in [4.69, 9.17) is 14.2 Å². The van der Waals surface area contributed by atoms with E-state index in [0.717, 1.165) is 0 Å². The van der Waals surface area contributed by atoms with Crippen molar-refractivity contribution in [2.45, 2.75) is 72.1 Å². The van der Waals surface area contributed by atoms with Crippen LogP contribution in [0.4, 0.5) is 4.79 Å². The largest absolute Gasteiger partial charge is 0.465 e. The van der Waals surface area contributed by atoms with Crippen LogP contribution >= 0.6 is 0 Å². The second kappa shape index (κ2) is 9.03. The maximum atomic E-state index is 12.6. The Morgan fingerprint density at radius 1 is 1.04 bits per heavy atom. The zero-order chi connectivity index (χ0) is 21.7. The van der Waals surface area contributed by atoms with E-state index in [1.54, 1.807) is 60.6 Å². The van der Waals surface area contributed by atoms with Crippen molar-refractivity contribution < 1.29 is 28.6 Å². The van der Waals surface area contributed by atoms with Gasteiger partial charge in [0.2, 0.25) is 0 Å². The number of aryl methyl sites for hydroxylation is 1.